The van der Waals surface area contributed by atoms with Crippen molar-refractivity contribution < 1.29 is 14.3 Å². The highest BCUT2D eigenvalue weighted by Gasteiger charge is 2.16. The molecule has 0 aliphatic heterocycles. The summed E-state index contributed by atoms with van der Waals surface area (Å²) in [5, 5.41) is 14.9. The summed E-state index contributed by atoms with van der Waals surface area (Å²) in [6, 6.07) is 7.17. The van der Waals surface area contributed by atoms with Crippen LogP contribution in [0.5, 0.6) is 5.75 Å². The third-order valence-electron chi connectivity index (χ3n) is 4.23. The second-order valence-corrected chi connectivity index (χ2v) is 8.53. The van der Waals surface area contributed by atoms with E-state index in [4.69, 9.17) is 4.74 Å². The average Bonchev–Trinajstić information content (AvgIpc) is 3.21. The van der Waals surface area contributed by atoms with Crippen LogP contribution in [-0.2, 0) is 23.1 Å². The number of nitrogens with zero attached hydrogens (tertiary/aromatic N) is 4. The van der Waals surface area contributed by atoms with Gasteiger partial charge in [-0.15, -0.1) is 21.5 Å². The van der Waals surface area contributed by atoms with Crippen LogP contribution in [0.3, 0.4) is 0 Å². The van der Waals surface area contributed by atoms with Gasteiger partial charge >= 0.3 is 0 Å². The van der Waals surface area contributed by atoms with Crippen molar-refractivity contribution >= 4 is 45.7 Å². The van der Waals surface area contributed by atoms with Crippen LogP contribution in [0.1, 0.15) is 16.4 Å². The van der Waals surface area contributed by atoms with Crippen molar-refractivity contribution in [3.05, 3.63) is 40.7 Å². The fraction of sp³-hybridized carbons (Fsp3) is 0.316. The molecular formula is C19H22N6O3S2. The number of thioether (sulfide) groups is 1. The summed E-state index contributed by atoms with van der Waals surface area (Å²) in [6.45, 7) is 3.86. The molecule has 0 aliphatic rings. The number of hydrogen-bond acceptors (Lipinski definition) is 8. The molecule has 0 bridgehead atoms. The van der Waals surface area contributed by atoms with E-state index in [9.17, 15) is 9.59 Å². The van der Waals surface area contributed by atoms with Gasteiger partial charge in [0.1, 0.15) is 11.6 Å². The Morgan fingerprint density at radius 2 is 1.93 bits per heavy atom. The summed E-state index contributed by atoms with van der Waals surface area (Å²) >= 11 is 2.69. The molecule has 3 aromatic rings. The van der Waals surface area contributed by atoms with Gasteiger partial charge in [-0.2, -0.15) is 0 Å². The molecule has 2 aromatic heterocycles. The van der Waals surface area contributed by atoms with Crippen LogP contribution in [0.15, 0.2) is 29.4 Å². The van der Waals surface area contributed by atoms with Gasteiger partial charge in [0, 0.05) is 11.9 Å². The second-order valence-electron chi connectivity index (χ2n) is 6.38. The number of thiazole rings is 1. The molecule has 3 rings (SSSR count). The Balaban J connectivity index is 1.55. The molecule has 158 valence electrons. The van der Waals surface area contributed by atoms with Crippen molar-refractivity contribution in [2.24, 2.45) is 7.05 Å². The van der Waals surface area contributed by atoms with Crippen LogP contribution in [0.25, 0.3) is 0 Å². The molecule has 0 saturated heterocycles. The Morgan fingerprint density at radius 1 is 1.17 bits per heavy atom. The van der Waals surface area contributed by atoms with E-state index >= 15 is 0 Å². The normalized spacial score (nSPS) is 10.7. The largest absolute Gasteiger partial charge is 0.495 e. The molecule has 0 unspecified atom stereocenters. The molecule has 0 saturated carbocycles. The minimum atomic E-state index is -0.237. The number of hydrogen-bond donors (Lipinski definition) is 2. The fourth-order valence-electron chi connectivity index (χ4n) is 2.52. The van der Waals surface area contributed by atoms with E-state index in [1.54, 1.807) is 30.9 Å². The number of benzene rings is 1. The Morgan fingerprint density at radius 3 is 2.63 bits per heavy atom. The molecule has 9 nitrogen and oxygen atoms in total. The number of nitrogens with one attached hydrogen (secondary N) is 2. The highest BCUT2D eigenvalue weighted by Crippen LogP contribution is 2.24. The van der Waals surface area contributed by atoms with Gasteiger partial charge in [0.15, 0.2) is 10.3 Å². The first-order valence-electron chi connectivity index (χ1n) is 9.05. The van der Waals surface area contributed by atoms with Crippen molar-refractivity contribution in [2.45, 2.75) is 25.4 Å². The number of amides is 2. The minimum absolute atomic E-state index is 0.0476. The number of aromatic nitrogens is 4. The standard InChI is InChI=1S/C19H22N6O3S2/c1-11-12(2)30-18(20-11)22-17(27)10-29-19-24-23-15(25(19)3)9-16(26)21-13-7-5-6-8-14(13)28-4/h5-8H,9-10H2,1-4H3,(H,21,26)(H,20,22,27). The first kappa shape index (κ1) is 21.8. The predicted molar refractivity (Wildman–Crippen MR) is 117 cm³/mol. The van der Waals surface area contributed by atoms with E-state index in [2.05, 4.69) is 25.8 Å². The zero-order valence-electron chi connectivity index (χ0n) is 17.1. The van der Waals surface area contributed by atoms with E-state index in [0.29, 0.717) is 27.5 Å². The summed E-state index contributed by atoms with van der Waals surface area (Å²) in [5.41, 5.74) is 1.50. The summed E-state index contributed by atoms with van der Waals surface area (Å²) in [5.74, 6) is 0.830. The monoisotopic (exact) mass is 446 g/mol. The van der Waals surface area contributed by atoms with Crippen molar-refractivity contribution in [3.8, 4) is 5.75 Å². The summed E-state index contributed by atoms with van der Waals surface area (Å²) < 4.78 is 6.94. The van der Waals surface area contributed by atoms with Crippen LogP contribution in [0.4, 0.5) is 10.8 Å². The number of anilines is 2. The van der Waals surface area contributed by atoms with Gasteiger partial charge in [-0.3, -0.25) is 9.59 Å². The third kappa shape index (κ3) is 5.36. The fourth-order valence-corrected chi connectivity index (χ4v) is 4.08. The van der Waals surface area contributed by atoms with Crippen molar-refractivity contribution in [1.82, 2.24) is 19.7 Å². The minimum Gasteiger partial charge on any atom is -0.495 e. The van der Waals surface area contributed by atoms with E-state index in [1.807, 2.05) is 26.0 Å². The van der Waals surface area contributed by atoms with Crippen LogP contribution >= 0.6 is 23.1 Å². The summed E-state index contributed by atoms with van der Waals surface area (Å²) in [4.78, 5) is 29.9. The van der Waals surface area contributed by atoms with Crippen molar-refractivity contribution in [1.29, 1.82) is 0 Å². The number of aryl methyl sites for hydroxylation is 2. The van der Waals surface area contributed by atoms with Gasteiger partial charge in [-0.05, 0) is 26.0 Å². The molecule has 11 heteroatoms. The zero-order valence-corrected chi connectivity index (χ0v) is 18.7. The molecule has 1 aromatic carbocycles. The predicted octanol–water partition coefficient (Wildman–Crippen LogP) is 2.81. The van der Waals surface area contributed by atoms with Crippen molar-refractivity contribution in [3.63, 3.8) is 0 Å². The Labute approximate surface area is 182 Å². The number of ether oxygens (including phenoxy) is 1. The second kappa shape index (κ2) is 9.72. The van der Waals surface area contributed by atoms with E-state index in [-0.39, 0.29) is 24.0 Å². The SMILES string of the molecule is COc1ccccc1NC(=O)Cc1nnc(SCC(=O)Nc2nc(C)c(C)s2)n1C. The topological polar surface area (TPSA) is 111 Å². The summed E-state index contributed by atoms with van der Waals surface area (Å²) in [7, 11) is 3.31. The van der Waals surface area contributed by atoms with E-state index < -0.39 is 0 Å². The highest BCUT2D eigenvalue weighted by atomic mass is 32.2. The number of para-hydroxylation sites is 2. The van der Waals surface area contributed by atoms with Gasteiger partial charge in [-0.25, -0.2) is 4.98 Å². The molecule has 0 fully saturated rings. The first-order chi connectivity index (χ1) is 14.4. The lowest BCUT2D eigenvalue weighted by Crippen LogP contribution is -2.17. The smallest absolute Gasteiger partial charge is 0.236 e. The molecule has 0 radical (unpaired) electrons. The number of carbonyl (C=O) groups excluding carboxylic acids is 2. The van der Waals surface area contributed by atoms with E-state index in [0.717, 1.165) is 10.6 Å². The molecule has 0 aliphatic carbocycles. The highest BCUT2D eigenvalue weighted by molar-refractivity contribution is 7.99. The number of methoxy groups -OCH3 is 1. The lowest BCUT2D eigenvalue weighted by Gasteiger charge is -2.09. The number of carbonyl (C=O) groups is 2. The lowest BCUT2D eigenvalue weighted by atomic mass is 10.2. The Kier molecular flexibility index (Phi) is 7.06. The lowest BCUT2D eigenvalue weighted by molar-refractivity contribution is -0.116. The quantitative estimate of drug-likeness (QED) is 0.512. The maximum absolute atomic E-state index is 12.4. The van der Waals surface area contributed by atoms with E-state index in [1.165, 1.54) is 23.1 Å². The molecule has 2 N–H and O–H groups in total. The van der Waals surface area contributed by atoms with Gasteiger partial charge in [-0.1, -0.05) is 23.9 Å². The van der Waals surface area contributed by atoms with Gasteiger partial charge < -0.3 is 19.9 Å². The van der Waals surface area contributed by atoms with Gasteiger partial charge in [0.25, 0.3) is 0 Å². The van der Waals surface area contributed by atoms with Crippen LogP contribution < -0.4 is 15.4 Å². The maximum Gasteiger partial charge on any atom is 0.236 e. The third-order valence-corrected chi connectivity index (χ3v) is 6.24. The molecular weight excluding hydrogens is 424 g/mol. The van der Waals surface area contributed by atoms with Crippen LogP contribution in [-0.4, -0.2) is 44.4 Å². The van der Waals surface area contributed by atoms with Gasteiger partial charge in [0.2, 0.25) is 11.8 Å². The molecule has 30 heavy (non-hydrogen) atoms. The van der Waals surface area contributed by atoms with Crippen LogP contribution in [0, 0.1) is 13.8 Å². The number of rotatable bonds is 8. The Bertz CT molecular complexity index is 1040. The molecule has 2 heterocycles. The molecule has 0 spiro atoms. The van der Waals surface area contributed by atoms with Crippen molar-refractivity contribution in [2.75, 3.05) is 23.5 Å². The van der Waals surface area contributed by atoms with Gasteiger partial charge in [0.05, 0.1) is 30.7 Å². The zero-order chi connectivity index (χ0) is 21.7. The first-order valence-corrected chi connectivity index (χ1v) is 10.9. The summed E-state index contributed by atoms with van der Waals surface area (Å²) in [6.07, 6.45) is 0.0476. The average molecular weight is 447 g/mol. The molecule has 0 atom stereocenters. The van der Waals surface area contributed by atoms with Crippen LogP contribution in [0.2, 0.25) is 0 Å². The Hall–Kier alpha value is -2.92. The maximum atomic E-state index is 12.4. The molecule has 2 amide bonds.